The fourth-order valence-corrected chi connectivity index (χ4v) is 9.08. The standard InChI is InChI=1S/C34H27N5O16S5/c40-33(18-21-17-29(60(53,54)55)14-15-31(21)36-22-1-7-25(8-2-22)57(44,45)46)37-38-20-35-32-16-13-28(19-30(32)34(38)41)56(42,43)39(23-3-9-26(10-4-23)58(47,48)49)24-5-11-27(12-6-24)59(50,51)52/h1-17,19-20,36H,18H2,(H,37,40)(H,44,45,46)(H,47,48,49)(H,50,51,52)(H,53,54,55). The summed E-state index contributed by atoms with van der Waals surface area (Å²) in [5, 5.41) is 2.50. The zero-order valence-corrected chi connectivity index (χ0v) is 33.8. The molecule has 0 saturated heterocycles. The lowest BCUT2D eigenvalue weighted by Gasteiger charge is -2.25. The second kappa shape index (κ2) is 15.8. The van der Waals surface area contributed by atoms with E-state index < -0.39 is 92.9 Å². The van der Waals surface area contributed by atoms with Gasteiger partial charge in [-0.15, -0.1) is 0 Å². The van der Waals surface area contributed by atoms with Crippen LogP contribution in [0, 0.1) is 0 Å². The first kappa shape index (κ1) is 43.5. The summed E-state index contributed by atoms with van der Waals surface area (Å²) in [5.41, 5.74) is 1.05. The molecule has 1 amide bonds. The van der Waals surface area contributed by atoms with Gasteiger partial charge in [0.25, 0.3) is 56.1 Å². The van der Waals surface area contributed by atoms with Crippen molar-refractivity contribution in [3.05, 3.63) is 131 Å². The van der Waals surface area contributed by atoms with Gasteiger partial charge >= 0.3 is 0 Å². The van der Waals surface area contributed by atoms with E-state index in [0.29, 0.717) is 8.98 Å². The van der Waals surface area contributed by atoms with E-state index in [-0.39, 0.29) is 39.2 Å². The summed E-state index contributed by atoms with van der Waals surface area (Å²) < 4.78 is 161. The van der Waals surface area contributed by atoms with Crippen LogP contribution in [0.2, 0.25) is 0 Å². The summed E-state index contributed by atoms with van der Waals surface area (Å²) in [4.78, 5) is 28.4. The molecule has 0 radical (unpaired) electrons. The number of rotatable bonds is 13. The number of hydrogen-bond acceptors (Lipinski definition) is 14. The number of sulfonamides is 1. The maximum atomic E-state index is 14.3. The highest BCUT2D eigenvalue weighted by atomic mass is 32.2. The van der Waals surface area contributed by atoms with Gasteiger partial charge in [0.05, 0.1) is 53.2 Å². The highest BCUT2D eigenvalue weighted by Gasteiger charge is 2.29. The molecule has 0 aliphatic rings. The Morgan fingerprint density at radius 1 is 0.583 bits per heavy atom. The molecule has 0 fully saturated rings. The van der Waals surface area contributed by atoms with Gasteiger partial charge in [-0.05, 0) is 115 Å². The van der Waals surface area contributed by atoms with Crippen molar-refractivity contribution in [1.82, 2.24) is 9.66 Å². The fourth-order valence-electron chi connectivity index (χ4n) is 5.59. The number of nitrogens with zero attached hydrogens (tertiary/aromatic N) is 3. The van der Waals surface area contributed by atoms with Crippen LogP contribution < -0.4 is 20.6 Å². The number of nitrogens with one attached hydrogen (secondary N) is 2. The molecular weight excluding hydrogens is 895 g/mol. The van der Waals surface area contributed by atoms with Crippen LogP contribution in [0.3, 0.4) is 0 Å². The number of carbonyl (C=O) groups excluding carboxylic acids is 1. The molecule has 60 heavy (non-hydrogen) atoms. The van der Waals surface area contributed by atoms with Crippen LogP contribution in [0.4, 0.5) is 22.7 Å². The van der Waals surface area contributed by atoms with Crippen molar-refractivity contribution in [3.63, 3.8) is 0 Å². The molecule has 0 aliphatic carbocycles. The first-order valence-electron chi connectivity index (χ1n) is 16.3. The Morgan fingerprint density at radius 3 is 1.52 bits per heavy atom. The fraction of sp³-hybridized carbons (Fsp3) is 0.0294. The monoisotopic (exact) mass is 921 g/mol. The maximum Gasteiger partial charge on any atom is 0.294 e. The van der Waals surface area contributed by atoms with Crippen molar-refractivity contribution < 1.29 is 65.1 Å². The molecule has 6 rings (SSSR count). The Bertz CT molecular complexity index is 3250. The zero-order chi connectivity index (χ0) is 44.0. The predicted molar refractivity (Wildman–Crippen MR) is 212 cm³/mol. The molecule has 0 atom stereocenters. The van der Waals surface area contributed by atoms with Crippen molar-refractivity contribution in [3.8, 4) is 0 Å². The minimum atomic E-state index is -4.82. The van der Waals surface area contributed by atoms with E-state index in [4.69, 9.17) is 0 Å². The SMILES string of the molecule is O=C(Cc1cc(S(=O)(=O)O)ccc1Nc1ccc(S(=O)(=O)O)cc1)Nn1cnc2ccc(S(=O)(=O)N(c3ccc(S(=O)(=O)O)cc3)c3ccc(S(=O)(=O)O)cc3)cc2c1=O. The molecule has 6 aromatic rings. The van der Waals surface area contributed by atoms with Crippen LogP contribution in [0.25, 0.3) is 10.9 Å². The minimum Gasteiger partial charge on any atom is -0.355 e. The number of carbonyl (C=O) groups is 1. The van der Waals surface area contributed by atoms with Crippen LogP contribution in [0.15, 0.2) is 145 Å². The molecule has 21 nitrogen and oxygen atoms in total. The van der Waals surface area contributed by atoms with Gasteiger partial charge in [0, 0.05) is 11.4 Å². The van der Waals surface area contributed by atoms with Crippen LogP contribution in [-0.4, -0.2) is 75.9 Å². The van der Waals surface area contributed by atoms with Crippen molar-refractivity contribution in [2.45, 2.75) is 30.9 Å². The Kier molecular flexibility index (Phi) is 11.5. The summed E-state index contributed by atoms with van der Waals surface area (Å²) in [6.45, 7) is 0. The van der Waals surface area contributed by atoms with Crippen molar-refractivity contribution >= 4 is 90.1 Å². The smallest absolute Gasteiger partial charge is 0.294 e. The van der Waals surface area contributed by atoms with Crippen LogP contribution in [0.5, 0.6) is 0 Å². The second-order valence-electron chi connectivity index (χ2n) is 12.4. The molecular formula is C34H27N5O16S5. The number of hydrogen-bond donors (Lipinski definition) is 6. The summed E-state index contributed by atoms with van der Waals surface area (Å²) in [6, 6.07) is 18.7. The molecule has 5 aromatic carbocycles. The Hall–Kier alpha value is -6.10. The van der Waals surface area contributed by atoms with E-state index in [0.717, 1.165) is 97.3 Å². The number of anilines is 4. The maximum absolute atomic E-state index is 14.3. The molecule has 0 spiro atoms. The van der Waals surface area contributed by atoms with Gasteiger partial charge in [-0.3, -0.25) is 33.2 Å². The van der Waals surface area contributed by atoms with Gasteiger partial charge in [-0.1, -0.05) is 0 Å². The predicted octanol–water partition coefficient (Wildman–Crippen LogP) is 2.97. The molecule has 1 aromatic heterocycles. The first-order valence-corrected chi connectivity index (χ1v) is 23.5. The topological polar surface area (TPSA) is 331 Å². The normalized spacial score (nSPS) is 12.5. The number of fused-ring (bicyclic) bond motifs is 1. The van der Waals surface area contributed by atoms with E-state index in [1.54, 1.807) is 0 Å². The van der Waals surface area contributed by atoms with Crippen molar-refractivity contribution in [1.29, 1.82) is 0 Å². The van der Waals surface area contributed by atoms with E-state index in [2.05, 4.69) is 15.7 Å². The third-order valence-corrected chi connectivity index (χ3v) is 13.6. The number of amides is 1. The average Bonchev–Trinajstić information content (AvgIpc) is 3.15. The summed E-state index contributed by atoms with van der Waals surface area (Å²) in [7, 11) is -23.5. The molecule has 0 unspecified atom stereocenters. The molecule has 6 N–H and O–H groups in total. The summed E-state index contributed by atoms with van der Waals surface area (Å²) >= 11 is 0. The van der Waals surface area contributed by atoms with E-state index in [9.17, 15) is 69.9 Å². The van der Waals surface area contributed by atoms with E-state index >= 15 is 0 Å². The summed E-state index contributed by atoms with van der Waals surface area (Å²) in [6.07, 6.45) is 0.247. The van der Waals surface area contributed by atoms with Gasteiger partial charge in [0.1, 0.15) is 6.33 Å². The molecule has 26 heteroatoms. The third-order valence-electron chi connectivity index (χ3n) is 8.41. The molecule has 1 heterocycles. The lowest BCUT2D eigenvalue weighted by Crippen LogP contribution is -2.34. The molecule has 0 aliphatic heterocycles. The average molecular weight is 922 g/mol. The second-order valence-corrected chi connectivity index (χ2v) is 19.9. The molecule has 314 valence electrons. The van der Waals surface area contributed by atoms with E-state index in [1.807, 2.05) is 0 Å². The van der Waals surface area contributed by atoms with Crippen LogP contribution in [0.1, 0.15) is 5.56 Å². The van der Waals surface area contributed by atoms with Crippen LogP contribution in [-0.2, 0) is 61.7 Å². The van der Waals surface area contributed by atoms with Crippen molar-refractivity contribution in [2.75, 3.05) is 15.0 Å². The van der Waals surface area contributed by atoms with E-state index in [1.165, 1.54) is 18.2 Å². The number of benzene rings is 5. The molecule has 0 bridgehead atoms. The highest BCUT2D eigenvalue weighted by Crippen LogP contribution is 2.34. The lowest BCUT2D eigenvalue weighted by molar-refractivity contribution is -0.116. The van der Waals surface area contributed by atoms with Gasteiger partial charge in [0.15, 0.2) is 0 Å². The summed E-state index contributed by atoms with van der Waals surface area (Å²) in [5.74, 6) is -0.952. The van der Waals surface area contributed by atoms with Gasteiger partial charge in [-0.2, -0.15) is 33.7 Å². The zero-order valence-electron chi connectivity index (χ0n) is 29.7. The van der Waals surface area contributed by atoms with Gasteiger partial charge in [0.2, 0.25) is 5.91 Å². The van der Waals surface area contributed by atoms with Gasteiger partial charge < -0.3 is 5.32 Å². The minimum absolute atomic E-state index is 0.0432. The first-order chi connectivity index (χ1) is 27.8. The van der Waals surface area contributed by atoms with Crippen LogP contribution >= 0.6 is 0 Å². The van der Waals surface area contributed by atoms with Gasteiger partial charge in [-0.25, -0.2) is 22.4 Å². The molecule has 0 saturated carbocycles. The Balaban J connectivity index is 1.35. The lowest BCUT2D eigenvalue weighted by atomic mass is 10.1. The highest BCUT2D eigenvalue weighted by molar-refractivity contribution is 7.93. The quantitative estimate of drug-likeness (QED) is 0.0907. The Labute approximate surface area is 340 Å². The number of aromatic nitrogens is 2. The third kappa shape index (κ3) is 9.51. The van der Waals surface area contributed by atoms with Crippen molar-refractivity contribution in [2.24, 2.45) is 0 Å². The largest absolute Gasteiger partial charge is 0.355 e. The Morgan fingerprint density at radius 2 is 1.03 bits per heavy atom.